The van der Waals surface area contributed by atoms with Crippen molar-refractivity contribution in [2.45, 2.75) is 12.2 Å². The SMILES string of the molecule is CN=C(N)NCC(C)SC. The first-order valence-electron chi connectivity index (χ1n) is 3.19. The number of nitrogens with two attached hydrogens (primary N) is 1. The van der Waals surface area contributed by atoms with E-state index in [9.17, 15) is 0 Å². The summed E-state index contributed by atoms with van der Waals surface area (Å²) in [5.41, 5.74) is 5.41. The summed E-state index contributed by atoms with van der Waals surface area (Å²) in [7, 11) is 1.67. The van der Waals surface area contributed by atoms with Crippen LogP contribution in [0.1, 0.15) is 6.92 Å². The van der Waals surface area contributed by atoms with Gasteiger partial charge in [0.25, 0.3) is 0 Å². The first kappa shape index (κ1) is 9.62. The number of guanidine groups is 1. The summed E-state index contributed by atoms with van der Waals surface area (Å²) < 4.78 is 0. The van der Waals surface area contributed by atoms with Gasteiger partial charge in [0.2, 0.25) is 0 Å². The van der Waals surface area contributed by atoms with Crippen LogP contribution in [0.15, 0.2) is 4.99 Å². The van der Waals surface area contributed by atoms with Gasteiger partial charge in [-0.15, -0.1) is 0 Å². The Kier molecular flexibility index (Phi) is 5.20. The van der Waals surface area contributed by atoms with E-state index < -0.39 is 0 Å². The third-order valence-electron chi connectivity index (χ3n) is 1.21. The fourth-order valence-corrected chi connectivity index (χ4v) is 0.661. The average Bonchev–Trinajstić information content (AvgIpc) is 1.99. The molecule has 0 aliphatic heterocycles. The molecule has 0 spiro atoms. The van der Waals surface area contributed by atoms with Gasteiger partial charge in [0, 0.05) is 18.8 Å². The first-order chi connectivity index (χ1) is 4.70. The highest BCUT2D eigenvalue weighted by atomic mass is 32.2. The van der Waals surface area contributed by atoms with Crippen molar-refractivity contribution in [1.82, 2.24) is 5.32 Å². The predicted octanol–water partition coefficient (Wildman–Crippen LogP) is 0.272. The van der Waals surface area contributed by atoms with Crippen LogP contribution in [0.3, 0.4) is 0 Å². The van der Waals surface area contributed by atoms with E-state index in [4.69, 9.17) is 5.73 Å². The van der Waals surface area contributed by atoms with Gasteiger partial charge in [-0.2, -0.15) is 11.8 Å². The third-order valence-corrected chi connectivity index (χ3v) is 2.19. The second kappa shape index (κ2) is 5.41. The Balaban J connectivity index is 3.35. The van der Waals surface area contributed by atoms with E-state index in [1.807, 2.05) is 0 Å². The van der Waals surface area contributed by atoms with Crippen LogP contribution in [0, 0.1) is 0 Å². The highest BCUT2D eigenvalue weighted by Gasteiger charge is 1.97. The molecule has 3 nitrogen and oxygen atoms in total. The van der Waals surface area contributed by atoms with Crippen LogP contribution in [-0.4, -0.2) is 31.1 Å². The maximum absolute atomic E-state index is 5.41. The molecule has 0 radical (unpaired) electrons. The Bertz CT molecular complexity index is 114. The van der Waals surface area contributed by atoms with Crippen LogP contribution < -0.4 is 11.1 Å². The topological polar surface area (TPSA) is 50.4 Å². The van der Waals surface area contributed by atoms with Crippen LogP contribution in [-0.2, 0) is 0 Å². The van der Waals surface area contributed by atoms with Gasteiger partial charge in [-0.3, -0.25) is 4.99 Å². The van der Waals surface area contributed by atoms with Gasteiger partial charge < -0.3 is 11.1 Å². The molecule has 3 N–H and O–H groups in total. The lowest BCUT2D eigenvalue weighted by Gasteiger charge is -2.08. The average molecular weight is 161 g/mol. The van der Waals surface area contributed by atoms with Crippen molar-refractivity contribution in [3.8, 4) is 0 Å². The number of nitrogens with one attached hydrogen (secondary N) is 1. The van der Waals surface area contributed by atoms with Gasteiger partial charge in [0.1, 0.15) is 0 Å². The number of rotatable bonds is 3. The summed E-state index contributed by atoms with van der Waals surface area (Å²) in [6.45, 7) is 3.02. The molecule has 0 bridgehead atoms. The molecule has 0 amide bonds. The molecule has 0 saturated heterocycles. The van der Waals surface area contributed by atoms with Gasteiger partial charge in [-0.25, -0.2) is 0 Å². The molecule has 4 heteroatoms. The number of aliphatic imine (C=N–C) groups is 1. The summed E-state index contributed by atoms with van der Waals surface area (Å²) in [4.78, 5) is 3.77. The van der Waals surface area contributed by atoms with Crippen molar-refractivity contribution < 1.29 is 0 Å². The van der Waals surface area contributed by atoms with Crippen LogP contribution >= 0.6 is 11.8 Å². The number of nitrogens with zero attached hydrogens (tertiary/aromatic N) is 1. The molecule has 0 aromatic carbocycles. The minimum absolute atomic E-state index is 0.515. The van der Waals surface area contributed by atoms with Gasteiger partial charge in [0.05, 0.1) is 0 Å². The van der Waals surface area contributed by atoms with Crippen molar-refractivity contribution in [3.63, 3.8) is 0 Å². The lowest BCUT2D eigenvalue weighted by atomic mass is 10.5. The fourth-order valence-electron chi connectivity index (χ4n) is 0.411. The van der Waals surface area contributed by atoms with Crippen LogP contribution in [0.5, 0.6) is 0 Å². The Hall–Kier alpha value is -0.380. The van der Waals surface area contributed by atoms with Crippen molar-refractivity contribution in [2.24, 2.45) is 10.7 Å². The molecule has 1 unspecified atom stereocenters. The molecule has 0 rings (SSSR count). The lowest BCUT2D eigenvalue weighted by Crippen LogP contribution is -2.35. The van der Waals surface area contributed by atoms with Crippen molar-refractivity contribution in [3.05, 3.63) is 0 Å². The number of thioether (sulfide) groups is 1. The van der Waals surface area contributed by atoms with E-state index in [0.717, 1.165) is 6.54 Å². The van der Waals surface area contributed by atoms with E-state index in [2.05, 4.69) is 23.5 Å². The maximum atomic E-state index is 5.41. The first-order valence-corrected chi connectivity index (χ1v) is 4.48. The summed E-state index contributed by atoms with van der Waals surface area (Å²) in [6, 6.07) is 0. The van der Waals surface area contributed by atoms with E-state index in [1.165, 1.54) is 0 Å². The molecule has 60 valence electrons. The van der Waals surface area contributed by atoms with E-state index in [-0.39, 0.29) is 0 Å². The fraction of sp³-hybridized carbons (Fsp3) is 0.833. The highest BCUT2D eigenvalue weighted by Crippen LogP contribution is 2.01. The zero-order valence-electron chi connectivity index (χ0n) is 6.72. The molecular formula is C6H15N3S. The molecule has 0 fully saturated rings. The minimum atomic E-state index is 0.515. The second-order valence-corrected chi connectivity index (χ2v) is 3.31. The van der Waals surface area contributed by atoms with Crippen LogP contribution in [0.4, 0.5) is 0 Å². The summed E-state index contributed by atoms with van der Waals surface area (Å²) >= 11 is 1.80. The van der Waals surface area contributed by atoms with Gasteiger partial charge in [-0.05, 0) is 6.26 Å². The summed E-state index contributed by atoms with van der Waals surface area (Å²) in [5, 5.41) is 3.57. The largest absolute Gasteiger partial charge is 0.370 e. The standard InChI is InChI=1S/C6H15N3S/c1-5(10-3)4-9-6(7)8-2/h5H,4H2,1-3H3,(H3,7,8,9). The predicted molar refractivity (Wildman–Crippen MR) is 48.5 cm³/mol. The monoisotopic (exact) mass is 161 g/mol. The van der Waals surface area contributed by atoms with Crippen LogP contribution in [0.2, 0.25) is 0 Å². The summed E-state index contributed by atoms with van der Waals surface area (Å²) in [6.07, 6.45) is 2.08. The maximum Gasteiger partial charge on any atom is 0.188 e. The van der Waals surface area contributed by atoms with Crippen molar-refractivity contribution in [2.75, 3.05) is 19.8 Å². The molecule has 0 aromatic heterocycles. The van der Waals surface area contributed by atoms with Gasteiger partial charge in [0.15, 0.2) is 5.96 Å². The number of hydrogen-bond donors (Lipinski definition) is 2. The lowest BCUT2D eigenvalue weighted by molar-refractivity contribution is 0.849. The number of hydrogen-bond acceptors (Lipinski definition) is 2. The van der Waals surface area contributed by atoms with E-state index in [1.54, 1.807) is 18.8 Å². The smallest absolute Gasteiger partial charge is 0.188 e. The zero-order valence-corrected chi connectivity index (χ0v) is 7.53. The van der Waals surface area contributed by atoms with E-state index >= 15 is 0 Å². The molecular weight excluding hydrogens is 146 g/mol. The molecule has 1 atom stereocenters. The highest BCUT2D eigenvalue weighted by molar-refractivity contribution is 7.99. The van der Waals surface area contributed by atoms with E-state index in [0.29, 0.717) is 11.2 Å². The van der Waals surface area contributed by atoms with Crippen LogP contribution in [0.25, 0.3) is 0 Å². The van der Waals surface area contributed by atoms with Crippen molar-refractivity contribution in [1.29, 1.82) is 0 Å². The minimum Gasteiger partial charge on any atom is -0.370 e. The normalized spacial score (nSPS) is 14.9. The Morgan fingerprint density at radius 2 is 2.40 bits per heavy atom. The van der Waals surface area contributed by atoms with Crippen molar-refractivity contribution >= 4 is 17.7 Å². The van der Waals surface area contributed by atoms with Gasteiger partial charge in [-0.1, -0.05) is 6.92 Å². The Morgan fingerprint density at radius 1 is 1.80 bits per heavy atom. The zero-order chi connectivity index (χ0) is 7.98. The molecule has 0 saturated carbocycles. The third kappa shape index (κ3) is 4.49. The van der Waals surface area contributed by atoms with Gasteiger partial charge >= 0.3 is 0 Å². The molecule has 0 aromatic rings. The summed E-state index contributed by atoms with van der Waals surface area (Å²) in [5.74, 6) is 0.515. The molecule has 0 aliphatic carbocycles. The molecule has 10 heavy (non-hydrogen) atoms. The Labute approximate surface area is 66.5 Å². The second-order valence-electron chi connectivity index (χ2n) is 2.04. The molecule has 0 aliphatic rings. The Morgan fingerprint density at radius 3 is 2.80 bits per heavy atom. The molecule has 0 heterocycles. The quantitative estimate of drug-likeness (QED) is 0.461.